The third-order valence-electron chi connectivity index (χ3n) is 3.46. The van der Waals surface area contributed by atoms with Crippen LogP contribution in [0.4, 0.5) is 5.69 Å². The van der Waals surface area contributed by atoms with Crippen LogP contribution in [0.2, 0.25) is 0 Å². The number of anilines is 1. The summed E-state index contributed by atoms with van der Waals surface area (Å²) in [4.78, 5) is 23.5. The minimum atomic E-state index is -0.566. The van der Waals surface area contributed by atoms with Gasteiger partial charge in [0.05, 0.1) is 12.1 Å². The zero-order chi connectivity index (χ0) is 19.4. The van der Waals surface area contributed by atoms with Gasteiger partial charge in [0, 0.05) is 11.3 Å². The number of nitrogens with two attached hydrogens (primary N) is 2. The summed E-state index contributed by atoms with van der Waals surface area (Å²) in [5.41, 5.74) is 7.71. The summed E-state index contributed by atoms with van der Waals surface area (Å²) < 4.78 is 5.37. The van der Waals surface area contributed by atoms with Crippen LogP contribution in [0.1, 0.15) is 51.4 Å². The molecule has 0 fully saturated rings. The van der Waals surface area contributed by atoms with Crippen LogP contribution in [-0.2, 0) is 9.53 Å². The second-order valence-electron chi connectivity index (χ2n) is 6.89. The molecule has 1 amide bonds. The smallest absolute Gasteiger partial charge is 0.310 e. The molecule has 0 radical (unpaired) electrons. The van der Waals surface area contributed by atoms with Crippen molar-refractivity contribution in [3.63, 3.8) is 0 Å². The van der Waals surface area contributed by atoms with Gasteiger partial charge in [-0.1, -0.05) is 18.2 Å². The van der Waals surface area contributed by atoms with Crippen LogP contribution < -0.4 is 16.6 Å². The average Bonchev–Trinajstić information content (AvgIpc) is 2.49. The first-order chi connectivity index (χ1) is 11.4. The zero-order valence-electron chi connectivity index (χ0n) is 15.6. The monoisotopic (exact) mass is 345 g/mol. The number of allylic oxidation sites excluding steroid dienone is 2. The van der Waals surface area contributed by atoms with E-state index in [1.807, 2.05) is 20.8 Å². The van der Waals surface area contributed by atoms with Gasteiger partial charge in [-0.15, -0.1) is 0 Å². The van der Waals surface area contributed by atoms with Crippen LogP contribution in [0.25, 0.3) is 0 Å². The molecular weight excluding hydrogens is 318 g/mol. The molecule has 1 aromatic carbocycles. The molecule has 0 aliphatic carbocycles. The predicted molar refractivity (Wildman–Crippen MR) is 99.6 cm³/mol. The summed E-state index contributed by atoms with van der Waals surface area (Å²) in [7, 11) is 0. The van der Waals surface area contributed by atoms with Crippen LogP contribution in [0.3, 0.4) is 0 Å². The van der Waals surface area contributed by atoms with Crippen LogP contribution in [0.5, 0.6) is 0 Å². The zero-order valence-corrected chi connectivity index (χ0v) is 15.6. The van der Waals surface area contributed by atoms with E-state index in [-0.39, 0.29) is 12.4 Å². The maximum Gasteiger partial charge on any atom is 0.310 e. The number of carbonyl (C=O) groups is 2. The lowest BCUT2D eigenvalue weighted by molar-refractivity contribution is -0.153. The van der Waals surface area contributed by atoms with Gasteiger partial charge in [0.2, 0.25) is 5.91 Å². The second kappa shape index (κ2) is 7.98. The predicted octanol–water partition coefficient (Wildman–Crippen LogP) is 3.05. The number of carbonyl (C=O) groups excluding carboxylic acids is 2. The Morgan fingerprint density at radius 3 is 2.32 bits per heavy atom. The SMILES string of the molecule is C=C(C)/C(CC(=O)OC(C)(C)C)=C(/C)N(N)c1cccc(C(N)=O)c1. The lowest BCUT2D eigenvalue weighted by atomic mass is 10.0. The standard InChI is InChI=1S/C19H27N3O3/c1-12(2)16(11-17(23)25-19(4,5)6)13(3)22(21)15-9-7-8-14(10-15)18(20)24/h7-10H,1,11,21H2,2-6H3,(H2,20,24)/b16-13-. The summed E-state index contributed by atoms with van der Waals surface area (Å²) in [5.74, 6) is 5.29. The van der Waals surface area contributed by atoms with Crippen molar-refractivity contribution in [1.82, 2.24) is 0 Å². The van der Waals surface area contributed by atoms with E-state index in [1.54, 1.807) is 38.1 Å². The average molecular weight is 345 g/mol. The molecule has 0 aliphatic rings. The molecule has 0 saturated carbocycles. The van der Waals surface area contributed by atoms with Crippen molar-refractivity contribution < 1.29 is 14.3 Å². The number of nitrogens with zero attached hydrogens (tertiary/aromatic N) is 1. The summed E-state index contributed by atoms with van der Waals surface area (Å²) in [6.07, 6.45) is 0.0572. The number of rotatable bonds is 6. The van der Waals surface area contributed by atoms with Crippen LogP contribution in [0, 0.1) is 0 Å². The van der Waals surface area contributed by atoms with E-state index in [2.05, 4.69) is 6.58 Å². The number of ether oxygens (including phenoxy) is 1. The number of hydrazine groups is 1. The van der Waals surface area contributed by atoms with Gasteiger partial charge in [-0.05, 0) is 58.4 Å². The second-order valence-corrected chi connectivity index (χ2v) is 6.89. The number of hydrogen-bond donors (Lipinski definition) is 2. The molecule has 0 heterocycles. The molecule has 6 heteroatoms. The Balaban J connectivity index is 3.16. The van der Waals surface area contributed by atoms with Crippen molar-refractivity contribution in [1.29, 1.82) is 0 Å². The van der Waals surface area contributed by atoms with Gasteiger partial charge >= 0.3 is 5.97 Å². The first-order valence-corrected chi connectivity index (χ1v) is 7.94. The molecule has 6 nitrogen and oxygen atoms in total. The Kier molecular flexibility index (Phi) is 6.53. The number of primary amides is 1. The Hall–Kier alpha value is -2.60. The Morgan fingerprint density at radius 2 is 1.84 bits per heavy atom. The Bertz CT molecular complexity index is 715. The highest BCUT2D eigenvalue weighted by Crippen LogP contribution is 2.25. The molecule has 0 atom stereocenters. The molecular formula is C19H27N3O3. The maximum atomic E-state index is 12.2. The quantitative estimate of drug-likeness (QED) is 0.357. The van der Waals surface area contributed by atoms with Gasteiger partial charge in [-0.2, -0.15) is 0 Å². The van der Waals surface area contributed by atoms with E-state index in [0.717, 1.165) is 0 Å². The van der Waals surface area contributed by atoms with Crippen molar-refractivity contribution in [2.45, 2.75) is 46.6 Å². The van der Waals surface area contributed by atoms with E-state index in [9.17, 15) is 9.59 Å². The number of benzene rings is 1. The number of esters is 1. The minimum Gasteiger partial charge on any atom is -0.460 e. The molecule has 0 spiro atoms. The normalized spacial score (nSPS) is 12.2. The fraction of sp³-hybridized carbons (Fsp3) is 0.368. The van der Waals surface area contributed by atoms with Crippen molar-refractivity contribution in [2.24, 2.45) is 11.6 Å². The maximum absolute atomic E-state index is 12.2. The van der Waals surface area contributed by atoms with Crippen molar-refractivity contribution >= 4 is 17.6 Å². The molecule has 0 unspecified atom stereocenters. The largest absolute Gasteiger partial charge is 0.460 e. The molecule has 4 N–H and O–H groups in total. The van der Waals surface area contributed by atoms with Gasteiger partial charge < -0.3 is 10.5 Å². The van der Waals surface area contributed by atoms with Crippen LogP contribution >= 0.6 is 0 Å². The summed E-state index contributed by atoms with van der Waals surface area (Å²) in [6, 6.07) is 6.64. The minimum absolute atomic E-state index is 0.0572. The fourth-order valence-corrected chi connectivity index (χ4v) is 2.26. The molecule has 0 aliphatic heterocycles. The van der Waals surface area contributed by atoms with E-state index in [1.165, 1.54) is 5.01 Å². The highest BCUT2D eigenvalue weighted by molar-refractivity contribution is 5.93. The number of hydrogen-bond acceptors (Lipinski definition) is 5. The highest BCUT2D eigenvalue weighted by Gasteiger charge is 2.20. The lowest BCUT2D eigenvalue weighted by Crippen LogP contribution is -2.31. The molecule has 0 bridgehead atoms. The lowest BCUT2D eigenvalue weighted by Gasteiger charge is -2.25. The van der Waals surface area contributed by atoms with E-state index in [4.69, 9.17) is 16.3 Å². The van der Waals surface area contributed by atoms with Crippen molar-refractivity contribution in [3.05, 3.63) is 53.3 Å². The molecule has 0 saturated heterocycles. The Morgan fingerprint density at radius 1 is 1.24 bits per heavy atom. The molecule has 25 heavy (non-hydrogen) atoms. The summed E-state index contributed by atoms with van der Waals surface area (Å²) in [5, 5.41) is 1.40. The topological polar surface area (TPSA) is 98.7 Å². The van der Waals surface area contributed by atoms with Crippen LogP contribution in [-0.4, -0.2) is 17.5 Å². The molecule has 1 aromatic rings. The van der Waals surface area contributed by atoms with Crippen LogP contribution in [0.15, 0.2) is 47.7 Å². The Labute approximate surface area is 149 Å². The van der Waals surface area contributed by atoms with Gasteiger partial charge in [-0.3, -0.25) is 14.6 Å². The van der Waals surface area contributed by atoms with E-state index in [0.29, 0.717) is 28.1 Å². The first kappa shape index (κ1) is 20.4. The highest BCUT2D eigenvalue weighted by atomic mass is 16.6. The van der Waals surface area contributed by atoms with Crippen molar-refractivity contribution in [3.8, 4) is 0 Å². The molecule has 1 rings (SSSR count). The third kappa shape index (κ3) is 6.08. The fourth-order valence-electron chi connectivity index (χ4n) is 2.26. The molecule has 136 valence electrons. The molecule has 0 aromatic heterocycles. The van der Waals surface area contributed by atoms with E-state index < -0.39 is 11.5 Å². The van der Waals surface area contributed by atoms with Gasteiger partial charge in [-0.25, -0.2) is 5.84 Å². The number of amides is 1. The third-order valence-corrected chi connectivity index (χ3v) is 3.46. The summed E-state index contributed by atoms with van der Waals surface area (Å²) >= 11 is 0. The van der Waals surface area contributed by atoms with E-state index >= 15 is 0 Å². The first-order valence-electron chi connectivity index (χ1n) is 7.94. The van der Waals surface area contributed by atoms with Crippen molar-refractivity contribution in [2.75, 3.05) is 5.01 Å². The van der Waals surface area contributed by atoms with Gasteiger partial charge in [0.25, 0.3) is 0 Å². The van der Waals surface area contributed by atoms with Gasteiger partial charge in [0.15, 0.2) is 0 Å². The summed E-state index contributed by atoms with van der Waals surface area (Å²) in [6.45, 7) is 12.9. The van der Waals surface area contributed by atoms with Gasteiger partial charge in [0.1, 0.15) is 5.60 Å².